The minimum absolute atomic E-state index is 0.0764. The van der Waals surface area contributed by atoms with Gasteiger partial charge in [0, 0.05) is 5.39 Å². The number of fused-ring (bicyclic) bond motifs is 3. The molecule has 7 nitrogen and oxygen atoms in total. The second-order valence-corrected chi connectivity index (χ2v) is 6.55. The Hall–Kier alpha value is -3.74. The summed E-state index contributed by atoms with van der Waals surface area (Å²) in [6.07, 6.45) is 0. The highest BCUT2D eigenvalue weighted by Gasteiger charge is 2.38. The fourth-order valence-corrected chi connectivity index (χ4v) is 3.61. The number of methoxy groups -OCH3 is 1. The van der Waals surface area contributed by atoms with Crippen LogP contribution < -0.4 is 20.8 Å². The fourth-order valence-electron chi connectivity index (χ4n) is 3.61. The van der Waals surface area contributed by atoms with Gasteiger partial charge in [0.1, 0.15) is 17.1 Å². The summed E-state index contributed by atoms with van der Waals surface area (Å²) in [5.74, 6) is -0.438. The summed E-state index contributed by atoms with van der Waals surface area (Å²) < 4.78 is 16.2. The molecule has 3 aromatic rings. The highest BCUT2D eigenvalue weighted by atomic mass is 16.5. The number of hydrogen-bond acceptors (Lipinski definition) is 6. The summed E-state index contributed by atoms with van der Waals surface area (Å²) in [5.41, 5.74) is 7.55. The monoisotopic (exact) mass is 392 g/mol. The lowest BCUT2D eigenvalue weighted by atomic mass is 9.83. The van der Waals surface area contributed by atoms with Crippen LogP contribution in [0.2, 0.25) is 0 Å². The maximum atomic E-state index is 13.0. The molecule has 0 fully saturated rings. The maximum absolute atomic E-state index is 13.0. The van der Waals surface area contributed by atoms with Crippen molar-refractivity contribution in [2.45, 2.75) is 12.8 Å². The highest BCUT2D eigenvalue weighted by Crippen LogP contribution is 2.43. The quantitative estimate of drug-likeness (QED) is 0.662. The smallest absolute Gasteiger partial charge is 0.340 e. The molecule has 7 heteroatoms. The van der Waals surface area contributed by atoms with Gasteiger partial charge in [-0.3, -0.25) is 4.79 Å². The van der Waals surface area contributed by atoms with Crippen LogP contribution in [0.5, 0.6) is 11.5 Å². The molecule has 0 saturated carbocycles. The first-order chi connectivity index (χ1) is 14.0. The molecule has 0 radical (unpaired) electrons. The van der Waals surface area contributed by atoms with Crippen molar-refractivity contribution >= 4 is 16.9 Å². The van der Waals surface area contributed by atoms with Crippen molar-refractivity contribution < 1.29 is 19.0 Å². The second-order valence-electron chi connectivity index (χ2n) is 6.55. The number of esters is 1. The van der Waals surface area contributed by atoms with Crippen LogP contribution in [0.25, 0.3) is 10.9 Å². The number of carbonyl (C=O) groups is 1. The van der Waals surface area contributed by atoms with Gasteiger partial charge in [0.05, 0.1) is 30.7 Å². The zero-order chi connectivity index (χ0) is 20.5. The van der Waals surface area contributed by atoms with E-state index in [0.717, 1.165) is 0 Å². The first kappa shape index (κ1) is 18.6. The van der Waals surface area contributed by atoms with Crippen LogP contribution in [0.1, 0.15) is 24.0 Å². The van der Waals surface area contributed by atoms with Gasteiger partial charge >= 0.3 is 5.97 Å². The molecule has 1 atom stereocenters. The zero-order valence-corrected chi connectivity index (χ0v) is 16.0. The molecule has 0 spiro atoms. The van der Waals surface area contributed by atoms with E-state index in [1.165, 1.54) is 0 Å². The first-order valence-electron chi connectivity index (χ1n) is 9.18. The number of aromatic nitrogens is 1. The fraction of sp³-hybridized carbons (Fsp3) is 0.182. The van der Waals surface area contributed by atoms with Crippen molar-refractivity contribution in [3.05, 3.63) is 81.5 Å². The van der Waals surface area contributed by atoms with Gasteiger partial charge in [0.15, 0.2) is 0 Å². The topological polar surface area (TPSA) is 104 Å². The Labute approximate surface area is 166 Å². The lowest BCUT2D eigenvalue weighted by molar-refractivity contribution is -0.139. The molecule has 2 aromatic carbocycles. The number of carbonyl (C=O) groups excluding carboxylic acids is 1. The van der Waals surface area contributed by atoms with Gasteiger partial charge in [-0.25, -0.2) is 4.79 Å². The van der Waals surface area contributed by atoms with Gasteiger partial charge in [-0.2, -0.15) is 0 Å². The Morgan fingerprint density at radius 2 is 1.90 bits per heavy atom. The van der Waals surface area contributed by atoms with Gasteiger partial charge < -0.3 is 24.9 Å². The zero-order valence-electron chi connectivity index (χ0n) is 16.0. The molecule has 1 aliphatic rings. The number of nitrogens with one attached hydrogen (secondary N) is 1. The number of aromatic amines is 1. The third kappa shape index (κ3) is 3.10. The summed E-state index contributed by atoms with van der Waals surface area (Å²) in [5, 5.41) is 0.700. The SMILES string of the molecule is CCOC(=O)C1=C(N)Oc2c(c(=O)[nH]c3ccccc23)[C@H]1c1ccc(OC)cc1. The Kier molecular flexibility index (Phi) is 4.72. The molecule has 1 aliphatic heterocycles. The summed E-state index contributed by atoms with van der Waals surface area (Å²) >= 11 is 0. The molecule has 0 aliphatic carbocycles. The number of H-pyrrole nitrogens is 1. The van der Waals surface area contributed by atoms with Gasteiger partial charge in [0.2, 0.25) is 5.88 Å². The number of benzene rings is 2. The van der Waals surface area contributed by atoms with E-state index in [0.29, 0.717) is 33.5 Å². The van der Waals surface area contributed by atoms with Crippen molar-refractivity contribution in [3.63, 3.8) is 0 Å². The van der Waals surface area contributed by atoms with Crippen LogP contribution in [-0.2, 0) is 9.53 Å². The van der Waals surface area contributed by atoms with Crippen molar-refractivity contribution in [2.75, 3.05) is 13.7 Å². The summed E-state index contributed by atoms with van der Waals surface area (Å²) in [4.78, 5) is 28.6. The molecular formula is C22H20N2O5. The first-order valence-corrected chi connectivity index (χ1v) is 9.18. The Balaban J connectivity index is 2.01. The van der Waals surface area contributed by atoms with Crippen molar-refractivity contribution in [3.8, 4) is 11.5 Å². The molecule has 0 unspecified atom stereocenters. The van der Waals surface area contributed by atoms with Crippen molar-refractivity contribution in [1.82, 2.24) is 4.98 Å². The molecule has 3 N–H and O–H groups in total. The summed E-state index contributed by atoms with van der Waals surface area (Å²) in [6.45, 7) is 1.88. The third-order valence-corrected chi connectivity index (χ3v) is 4.91. The molecule has 29 heavy (non-hydrogen) atoms. The van der Waals surface area contributed by atoms with E-state index in [2.05, 4.69) is 4.98 Å². The van der Waals surface area contributed by atoms with Crippen molar-refractivity contribution in [1.29, 1.82) is 0 Å². The number of para-hydroxylation sites is 1. The molecule has 0 amide bonds. The van der Waals surface area contributed by atoms with Crippen molar-refractivity contribution in [2.24, 2.45) is 5.73 Å². The average Bonchev–Trinajstić information content (AvgIpc) is 2.73. The minimum Gasteiger partial charge on any atom is -0.497 e. The lowest BCUT2D eigenvalue weighted by Gasteiger charge is -2.28. The van der Waals surface area contributed by atoms with Gasteiger partial charge in [0.25, 0.3) is 5.56 Å². The second kappa shape index (κ2) is 7.35. The number of rotatable bonds is 4. The molecular weight excluding hydrogens is 372 g/mol. The van der Waals surface area contributed by atoms with E-state index in [1.807, 2.05) is 18.2 Å². The van der Waals surface area contributed by atoms with Gasteiger partial charge in [-0.05, 0) is 36.8 Å². The van der Waals surface area contributed by atoms with E-state index >= 15 is 0 Å². The van der Waals surface area contributed by atoms with Gasteiger partial charge in [-0.15, -0.1) is 0 Å². The number of pyridine rings is 1. The van der Waals surface area contributed by atoms with Crippen LogP contribution in [-0.4, -0.2) is 24.7 Å². The largest absolute Gasteiger partial charge is 0.497 e. The molecule has 1 aromatic heterocycles. The van der Waals surface area contributed by atoms with Crippen LogP contribution in [0, 0.1) is 0 Å². The standard InChI is InChI=1S/C22H20N2O5/c1-3-28-22(26)18-16(12-8-10-13(27-2)11-9-12)17-19(29-20(18)23)14-6-4-5-7-15(14)24-21(17)25/h4-11,16H,3,23H2,1-2H3,(H,24,25)/t16-/m1/s1. The van der Waals surface area contributed by atoms with Gasteiger partial charge in [-0.1, -0.05) is 24.3 Å². The number of ether oxygens (including phenoxy) is 3. The Morgan fingerprint density at radius 1 is 1.17 bits per heavy atom. The Bertz CT molecular complexity index is 1180. The van der Waals surface area contributed by atoms with Crippen LogP contribution >= 0.6 is 0 Å². The Morgan fingerprint density at radius 3 is 2.59 bits per heavy atom. The van der Waals surface area contributed by atoms with E-state index < -0.39 is 11.9 Å². The third-order valence-electron chi connectivity index (χ3n) is 4.91. The van der Waals surface area contributed by atoms with E-state index in [1.54, 1.807) is 44.4 Å². The summed E-state index contributed by atoms with van der Waals surface area (Å²) in [7, 11) is 1.57. The van der Waals surface area contributed by atoms with E-state index in [-0.39, 0.29) is 23.6 Å². The minimum atomic E-state index is -0.739. The summed E-state index contributed by atoms with van der Waals surface area (Å²) in [6, 6.07) is 14.4. The highest BCUT2D eigenvalue weighted by molar-refractivity contribution is 5.95. The normalized spacial score (nSPS) is 15.6. The van der Waals surface area contributed by atoms with E-state index in [9.17, 15) is 9.59 Å². The molecule has 0 bridgehead atoms. The van der Waals surface area contributed by atoms with E-state index in [4.69, 9.17) is 19.9 Å². The number of hydrogen-bond donors (Lipinski definition) is 2. The van der Waals surface area contributed by atoms with Crippen LogP contribution in [0.4, 0.5) is 0 Å². The maximum Gasteiger partial charge on any atom is 0.340 e. The predicted molar refractivity (Wildman–Crippen MR) is 108 cm³/mol. The molecule has 148 valence electrons. The lowest BCUT2D eigenvalue weighted by Crippen LogP contribution is -2.32. The van der Waals surface area contributed by atoms with Crippen LogP contribution in [0.15, 0.2) is 64.8 Å². The average molecular weight is 392 g/mol. The number of nitrogens with two attached hydrogens (primary N) is 1. The predicted octanol–water partition coefficient (Wildman–Crippen LogP) is 2.79. The molecule has 4 rings (SSSR count). The van der Waals surface area contributed by atoms with Crippen LogP contribution in [0.3, 0.4) is 0 Å². The molecule has 2 heterocycles. The molecule has 0 saturated heterocycles.